The minimum atomic E-state index is 0.123. The summed E-state index contributed by atoms with van der Waals surface area (Å²) in [5.74, 6) is 2.39. The monoisotopic (exact) mass is 416 g/mol. The van der Waals surface area contributed by atoms with E-state index in [0.717, 1.165) is 15.6 Å². The van der Waals surface area contributed by atoms with Crippen molar-refractivity contribution < 1.29 is 14.6 Å². The van der Waals surface area contributed by atoms with Crippen LogP contribution in [0.25, 0.3) is 11.4 Å². The highest BCUT2D eigenvalue weighted by atomic mass is 79.9. The molecule has 1 aliphatic rings. The highest BCUT2D eigenvalue weighted by molar-refractivity contribution is 9.10. The number of phenolic OH excluding ortho intramolecular Hbond substituents is 1. The molecule has 0 bridgehead atoms. The van der Waals surface area contributed by atoms with E-state index in [1.165, 1.54) is 0 Å². The summed E-state index contributed by atoms with van der Waals surface area (Å²) in [5.41, 5.74) is 2.34. The van der Waals surface area contributed by atoms with Gasteiger partial charge >= 0.3 is 0 Å². The molecule has 2 aromatic carbocycles. The van der Waals surface area contributed by atoms with E-state index in [1.807, 2.05) is 18.2 Å². The van der Waals surface area contributed by atoms with Gasteiger partial charge in [-0.05, 0) is 24.3 Å². The van der Waals surface area contributed by atoms with E-state index in [9.17, 15) is 5.11 Å². The Hall–Kier alpha value is -2.38. The van der Waals surface area contributed by atoms with E-state index in [0.29, 0.717) is 39.8 Å². The van der Waals surface area contributed by atoms with Crippen LogP contribution in [0.3, 0.4) is 0 Å². The smallest absolute Gasteiger partial charge is 0.205 e. The third kappa shape index (κ3) is 2.79. The van der Waals surface area contributed by atoms with Gasteiger partial charge in [-0.1, -0.05) is 40.3 Å². The third-order valence-corrected chi connectivity index (χ3v) is 4.82. The number of halogens is 1. The van der Waals surface area contributed by atoms with Gasteiger partial charge in [0, 0.05) is 16.5 Å². The first-order chi connectivity index (χ1) is 12.1. The number of para-hydroxylation sites is 1. The van der Waals surface area contributed by atoms with Crippen molar-refractivity contribution in [3.63, 3.8) is 0 Å². The van der Waals surface area contributed by atoms with Crippen molar-refractivity contribution in [1.29, 1.82) is 0 Å². The summed E-state index contributed by atoms with van der Waals surface area (Å²) in [6, 6.07) is 10.8. The molecule has 0 radical (unpaired) electrons. The van der Waals surface area contributed by atoms with Crippen molar-refractivity contribution in [3.05, 3.63) is 56.6 Å². The average molecular weight is 417 g/mol. The maximum absolute atomic E-state index is 10.1. The number of fused-ring (bicyclic) bond motifs is 2. The zero-order valence-electron chi connectivity index (χ0n) is 13.2. The van der Waals surface area contributed by atoms with Crippen molar-refractivity contribution >= 4 is 28.1 Å². The van der Waals surface area contributed by atoms with Gasteiger partial charge in [0.15, 0.2) is 11.5 Å². The van der Waals surface area contributed by atoms with Crippen molar-refractivity contribution in [1.82, 2.24) is 9.97 Å². The Bertz CT molecular complexity index is 1050. The van der Waals surface area contributed by atoms with Crippen LogP contribution in [0.2, 0.25) is 0 Å². The van der Waals surface area contributed by atoms with Gasteiger partial charge < -0.3 is 19.6 Å². The molecule has 0 saturated heterocycles. The van der Waals surface area contributed by atoms with Gasteiger partial charge in [0.1, 0.15) is 16.2 Å². The Labute approximate surface area is 157 Å². The van der Waals surface area contributed by atoms with Crippen LogP contribution in [-0.4, -0.2) is 22.2 Å². The van der Waals surface area contributed by atoms with Crippen LogP contribution in [0.5, 0.6) is 23.1 Å². The molecule has 7 heteroatoms. The number of methoxy groups -OCH3 is 1. The Kier molecular flexibility index (Phi) is 3.97. The number of benzene rings is 2. The summed E-state index contributed by atoms with van der Waals surface area (Å²) in [6.45, 7) is 0. The fraction of sp³-hybridized carbons (Fsp3) is 0.111. The first-order valence-electron chi connectivity index (χ1n) is 7.52. The summed E-state index contributed by atoms with van der Waals surface area (Å²) < 4.78 is 12.8. The molecule has 126 valence electrons. The molecule has 5 nitrogen and oxygen atoms in total. The average Bonchev–Trinajstić information content (AvgIpc) is 2.60. The Morgan fingerprint density at radius 3 is 2.88 bits per heavy atom. The summed E-state index contributed by atoms with van der Waals surface area (Å²) >= 11 is 8.93. The minimum Gasteiger partial charge on any atom is -0.507 e. The number of nitrogens with one attached hydrogen (secondary N) is 1. The van der Waals surface area contributed by atoms with Gasteiger partial charge in [-0.15, -0.1) is 0 Å². The number of phenols is 1. The molecule has 0 amide bonds. The fourth-order valence-electron chi connectivity index (χ4n) is 2.84. The fourth-order valence-corrected chi connectivity index (χ4v) is 3.58. The van der Waals surface area contributed by atoms with Crippen molar-refractivity contribution in [2.24, 2.45) is 0 Å². The highest BCUT2D eigenvalue weighted by Gasteiger charge is 2.24. The molecule has 0 atom stereocenters. The molecule has 0 aliphatic carbocycles. The van der Waals surface area contributed by atoms with E-state index >= 15 is 0 Å². The van der Waals surface area contributed by atoms with Crippen molar-refractivity contribution in [3.8, 4) is 34.5 Å². The first kappa shape index (κ1) is 16.1. The summed E-state index contributed by atoms with van der Waals surface area (Å²) in [7, 11) is 1.60. The maximum atomic E-state index is 10.1. The molecule has 1 aromatic heterocycles. The third-order valence-electron chi connectivity index (χ3n) is 4.02. The maximum Gasteiger partial charge on any atom is 0.205 e. The lowest BCUT2D eigenvalue weighted by molar-refractivity contribution is 0.365. The molecule has 0 saturated carbocycles. The zero-order valence-corrected chi connectivity index (χ0v) is 15.6. The second-order valence-electron chi connectivity index (χ2n) is 5.59. The second-order valence-corrected chi connectivity index (χ2v) is 6.89. The number of nitrogens with zero attached hydrogens (tertiary/aromatic N) is 1. The molecule has 2 N–H and O–H groups in total. The van der Waals surface area contributed by atoms with Gasteiger partial charge in [0.25, 0.3) is 0 Å². The lowest BCUT2D eigenvalue weighted by Crippen LogP contribution is -2.09. The number of aromatic amines is 1. The predicted molar refractivity (Wildman–Crippen MR) is 100 cm³/mol. The second kappa shape index (κ2) is 6.16. The SMILES string of the molecule is COc1cc(Br)cc2c1Oc1[nH]c(-c3ccccc3O)nc(=S)c1C2. The molecular weight excluding hydrogens is 404 g/mol. The van der Waals surface area contributed by atoms with Gasteiger partial charge in [-0.3, -0.25) is 0 Å². The van der Waals surface area contributed by atoms with E-state index in [2.05, 4.69) is 25.9 Å². The standard InChI is InChI=1S/C18H13BrN2O3S/c1-23-14-8-10(19)6-9-7-12-17(24-15(9)14)20-16(21-18(12)25)11-4-2-3-5-13(11)22/h2-6,8,22H,7H2,1H3,(H,20,21,25). The summed E-state index contributed by atoms with van der Waals surface area (Å²) in [6.07, 6.45) is 0.587. The Morgan fingerprint density at radius 2 is 2.12 bits per heavy atom. The quantitative estimate of drug-likeness (QED) is 0.451. The minimum absolute atomic E-state index is 0.123. The molecule has 0 fully saturated rings. The lowest BCUT2D eigenvalue weighted by atomic mass is 10.0. The molecule has 25 heavy (non-hydrogen) atoms. The molecule has 0 unspecified atom stereocenters. The largest absolute Gasteiger partial charge is 0.507 e. The summed E-state index contributed by atoms with van der Waals surface area (Å²) in [5, 5.41) is 10.1. The molecular formula is C18H13BrN2O3S. The van der Waals surface area contributed by atoms with Crippen LogP contribution in [0.1, 0.15) is 11.1 Å². The van der Waals surface area contributed by atoms with Gasteiger partial charge in [-0.25, -0.2) is 4.98 Å². The van der Waals surface area contributed by atoms with E-state index in [1.54, 1.807) is 25.3 Å². The molecule has 4 rings (SSSR count). The number of rotatable bonds is 2. The van der Waals surface area contributed by atoms with Crippen LogP contribution in [0.15, 0.2) is 40.9 Å². The topological polar surface area (TPSA) is 67.4 Å². The van der Waals surface area contributed by atoms with Crippen LogP contribution >= 0.6 is 28.1 Å². The van der Waals surface area contributed by atoms with E-state index in [-0.39, 0.29) is 5.75 Å². The molecule has 2 heterocycles. The Balaban J connectivity index is 1.86. The molecule has 1 aliphatic heterocycles. The normalized spacial score (nSPS) is 12.1. The number of ether oxygens (including phenoxy) is 2. The van der Waals surface area contributed by atoms with Crippen LogP contribution < -0.4 is 9.47 Å². The number of H-pyrrole nitrogens is 1. The number of aromatic nitrogens is 2. The van der Waals surface area contributed by atoms with Crippen LogP contribution in [-0.2, 0) is 6.42 Å². The van der Waals surface area contributed by atoms with Gasteiger partial charge in [-0.2, -0.15) is 0 Å². The van der Waals surface area contributed by atoms with Gasteiger partial charge in [0.05, 0.1) is 18.2 Å². The van der Waals surface area contributed by atoms with Crippen molar-refractivity contribution in [2.45, 2.75) is 6.42 Å². The van der Waals surface area contributed by atoms with Gasteiger partial charge in [0.2, 0.25) is 5.88 Å². The van der Waals surface area contributed by atoms with Crippen LogP contribution in [0, 0.1) is 4.64 Å². The van der Waals surface area contributed by atoms with Crippen LogP contribution in [0.4, 0.5) is 0 Å². The lowest BCUT2D eigenvalue weighted by Gasteiger charge is -2.22. The zero-order chi connectivity index (χ0) is 17.6. The Morgan fingerprint density at radius 1 is 1.32 bits per heavy atom. The van der Waals surface area contributed by atoms with E-state index in [4.69, 9.17) is 21.7 Å². The number of hydrogen-bond donors (Lipinski definition) is 2. The van der Waals surface area contributed by atoms with E-state index < -0.39 is 0 Å². The molecule has 0 spiro atoms. The molecule has 3 aromatic rings. The highest BCUT2D eigenvalue weighted by Crippen LogP contribution is 2.44. The summed E-state index contributed by atoms with van der Waals surface area (Å²) in [4.78, 5) is 7.57. The predicted octanol–water partition coefficient (Wildman–Crippen LogP) is 4.98. The first-order valence-corrected chi connectivity index (χ1v) is 8.72. The number of aromatic hydroxyl groups is 1. The number of hydrogen-bond acceptors (Lipinski definition) is 5. The van der Waals surface area contributed by atoms with Crippen molar-refractivity contribution in [2.75, 3.05) is 7.11 Å².